The van der Waals surface area contributed by atoms with Gasteiger partial charge in [-0.3, -0.25) is 4.90 Å². The van der Waals surface area contributed by atoms with E-state index < -0.39 is 6.43 Å². The highest BCUT2D eigenvalue weighted by Crippen LogP contribution is 2.25. The molecule has 0 radical (unpaired) electrons. The predicted molar refractivity (Wildman–Crippen MR) is 83.4 cm³/mol. The van der Waals surface area contributed by atoms with Crippen molar-refractivity contribution in [2.24, 2.45) is 5.73 Å². The summed E-state index contributed by atoms with van der Waals surface area (Å²) in [6, 6.07) is 6.98. The Morgan fingerprint density at radius 3 is 2.20 bits per heavy atom. The molecule has 0 aliphatic rings. The highest BCUT2D eigenvalue weighted by Gasteiger charge is 2.20. The topological polar surface area (TPSA) is 29.3 Å². The van der Waals surface area contributed by atoms with Crippen molar-refractivity contribution in [2.45, 2.75) is 31.9 Å². The number of alkyl halides is 2. The Balaban J connectivity index is 2.78. The average molecular weight is 302 g/mol. The Labute approximate surface area is 124 Å². The lowest BCUT2D eigenvalue weighted by Crippen LogP contribution is -2.37. The van der Waals surface area contributed by atoms with Crippen LogP contribution in [0.3, 0.4) is 0 Å². The second-order valence-electron chi connectivity index (χ2n) is 5.01. The molecule has 5 heteroatoms. The van der Waals surface area contributed by atoms with Gasteiger partial charge in [-0.15, -0.1) is 0 Å². The molecule has 1 rings (SSSR count). The Kier molecular flexibility index (Phi) is 7.48. The van der Waals surface area contributed by atoms with E-state index in [2.05, 4.69) is 18.1 Å². The number of rotatable bonds is 8. The second-order valence-corrected chi connectivity index (χ2v) is 6.00. The molecule has 0 amide bonds. The van der Waals surface area contributed by atoms with Crippen molar-refractivity contribution in [3.8, 4) is 0 Å². The number of nitrogens with zero attached hydrogens (tertiary/aromatic N) is 1. The monoisotopic (exact) mass is 302 g/mol. The van der Waals surface area contributed by atoms with Gasteiger partial charge in [0.1, 0.15) is 0 Å². The van der Waals surface area contributed by atoms with Crippen LogP contribution in [0.25, 0.3) is 0 Å². The van der Waals surface area contributed by atoms with Crippen LogP contribution in [-0.4, -0.2) is 36.5 Å². The van der Waals surface area contributed by atoms with Gasteiger partial charge in [-0.25, -0.2) is 8.78 Å². The lowest BCUT2D eigenvalue weighted by Gasteiger charge is -2.33. The average Bonchev–Trinajstić information content (AvgIpc) is 2.45. The number of benzene rings is 1. The fourth-order valence-electron chi connectivity index (χ4n) is 2.20. The summed E-state index contributed by atoms with van der Waals surface area (Å²) < 4.78 is 25.1. The van der Waals surface area contributed by atoms with E-state index in [-0.39, 0.29) is 11.6 Å². The number of hydrogen-bond acceptors (Lipinski definition) is 3. The smallest absolute Gasteiger partial charge is 0.263 e. The first kappa shape index (κ1) is 17.4. The van der Waals surface area contributed by atoms with Crippen molar-refractivity contribution < 1.29 is 8.78 Å². The number of thioether (sulfide) groups is 1. The van der Waals surface area contributed by atoms with Crippen LogP contribution in [0.1, 0.15) is 36.9 Å². The van der Waals surface area contributed by atoms with Gasteiger partial charge in [-0.1, -0.05) is 24.3 Å². The second kappa shape index (κ2) is 8.60. The number of halogens is 2. The zero-order valence-electron chi connectivity index (χ0n) is 12.4. The fraction of sp³-hybridized carbons (Fsp3) is 0.600. The summed E-state index contributed by atoms with van der Waals surface area (Å²) in [7, 11) is 2.05. The Hall–Kier alpha value is -0.650. The van der Waals surface area contributed by atoms with Gasteiger partial charge in [-0.2, -0.15) is 11.8 Å². The maximum Gasteiger partial charge on any atom is 0.263 e. The third-order valence-corrected chi connectivity index (χ3v) is 4.37. The first-order chi connectivity index (χ1) is 9.51. The standard InChI is InChI=1S/C15H24F2N2S/c1-11(8-9-20-3)19(2)14(10-18)12-4-6-13(7-5-12)15(16)17/h4-7,11,14-15H,8-10,18H2,1-3H3. The van der Waals surface area contributed by atoms with Crippen molar-refractivity contribution in [2.75, 3.05) is 25.6 Å². The Bertz CT molecular complexity index is 384. The third-order valence-electron chi connectivity index (χ3n) is 3.72. The molecule has 0 fully saturated rings. The molecular formula is C15H24F2N2S. The quantitative estimate of drug-likeness (QED) is 0.794. The summed E-state index contributed by atoms with van der Waals surface area (Å²) in [5.41, 5.74) is 6.93. The van der Waals surface area contributed by atoms with Gasteiger partial charge in [0.05, 0.1) is 0 Å². The van der Waals surface area contributed by atoms with Crippen LogP contribution in [0.15, 0.2) is 24.3 Å². The van der Waals surface area contributed by atoms with Crippen LogP contribution in [0, 0.1) is 0 Å². The van der Waals surface area contributed by atoms with Crippen molar-refractivity contribution in [3.05, 3.63) is 35.4 Å². The van der Waals surface area contributed by atoms with E-state index in [1.807, 2.05) is 18.8 Å². The summed E-state index contributed by atoms with van der Waals surface area (Å²) in [5.74, 6) is 1.10. The van der Waals surface area contributed by atoms with E-state index in [1.165, 1.54) is 12.1 Å². The van der Waals surface area contributed by atoms with Gasteiger partial charge >= 0.3 is 0 Å². The molecule has 2 unspecified atom stereocenters. The van der Waals surface area contributed by atoms with Crippen molar-refractivity contribution in [3.63, 3.8) is 0 Å². The van der Waals surface area contributed by atoms with Gasteiger partial charge in [0, 0.05) is 24.2 Å². The van der Waals surface area contributed by atoms with Crippen LogP contribution < -0.4 is 5.73 Å². The molecular weight excluding hydrogens is 278 g/mol. The zero-order chi connectivity index (χ0) is 15.1. The Morgan fingerprint density at radius 1 is 1.20 bits per heavy atom. The van der Waals surface area contributed by atoms with Crippen molar-refractivity contribution >= 4 is 11.8 Å². The summed E-state index contributed by atoms with van der Waals surface area (Å²) in [4.78, 5) is 2.23. The molecule has 0 bridgehead atoms. The summed E-state index contributed by atoms with van der Waals surface area (Å²) in [6.45, 7) is 2.65. The van der Waals surface area contributed by atoms with Crippen LogP contribution >= 0.6 is 11.8 Å². The van der Waals surface area contributed by atoms with E-state index in [0.29, 0.717) is 12.6 Å². The molecule has 2 nitrogen and oxygen atoms in total. The first-order valence-corrected chi connectivity index (χ1v) is 8.19. The van der Waals surface area contributed by atoms with E-state index in [0.717, 1.165) is 17.7 Å². The largest absolute Gasteiger partial charge is 0.329 e. The molecule has 0 aliphatic carbocycles. The summed E-state index contributed by atoms with van der Waals surface area (Å²) in [6.07, 6.45) is 0.762. The molecule has 1 aromatic carbocycles. The minimum Gasteiger partial charge on any atom is -0.329 e. The molecule has 0 aliphatic heterocycles. The first-order valence-electron chi connectivity index (χ1n) is 6.80. The molecule has 0 aromatic heterocycles. The molecule has 0 spiro atoms. The predicted octanol–water partition coefficient (Wildman–Crippen LogP) is 3.70. The van der Waals surface area contributed by atoms with Gasteiger partial charge < -0.3 is 5.73 Å². The molecule has 2 atom stereocenters. The molecule has 1 aromatic rings. The fourth-order valence-corrected chi connectivity index (χ4v) is 2.78. The van der Waals surface area contributed by atoms with Crippen LogP contribution in [-0.2, 0) is 0 Å². The van der Waals surface area contributed by atoms with E-state index >= 15 is 0 Å². The molecule has 114 valence electrons. The molecule has 0 saturated heterocycles. The van der Waals surface area contributed by atoms with Crippen molar-refractivity contribution in [1.82, 2.24) is 4.90 Å². The van der Waals surface area contributed by atoms with E-state index in [1.54, 1.807) is 12.1 Å². The number of nitrogens with two attached hydrogens (primary N) is 1. The summed E-state index contributed by atoms with van der Waals surface area (Å²) >= 11 is 1.83. The van der Waals surface area contributed by atoms with E-state index in [4.69, 9.17) is 5.73 Å². The highest BCUT2D eigenvalue weighted by molar-refractivity contribution is 7.98. The van der Waals surface area contributed by atoms with Gasteiger partial charge in [0.15, 0.2) is 0 Å². The maximum absolute atomic E-state index is 12.6. The Morgan fingerprint density at radius 2 is 1.75 bits per heavy atom. The van der Waals surface area contributed by atoms with Crippen molar-refractivity contribution in [1.29, 1.82) is 0 Å². The van der Waals surface area contributed by atoms with Gasteiger partial charge in [-0.05, 0) is 38.0 Å². The lowest BCUT2D eigenvalue weighted by molar-refractivity contribution is 0.151. The maximum atomic E-state index is 12.6. The van der Waals surface area contributed by atoms with Crippen LogP contribution in [0.2, 0.25) is 0 Å². The minimum atomic E-state index is -2.42. The highest BCUT2D eigenvalue weighted by atomic mass is 32.2. The van der Waals surface area contributed by atoms with Gasteiger partial charge in [0.2, 0.25) is 0 Å². The SMILES string of the molecule is CSCCC(C)N(C)C(CN)c1ccc(C(F)F)cc1. The zero-order valence-corrected chi connectivity index (χ0v) is 13.2. The normalized spacial score (nSPS) is 14.8. The molecule has 0 saturated carbocycles. The van der Waals surface area contributed by atoms with Gasteiger partial charge in [0.25, 0.3) is 6.43 Å². The molecule has 20 heavy (non-hydrogen) atoms. The van der Waals surface area contributed by atoms with Crippen LogP contribution in [0.4, 0.5) is 8.78 Å². The van der Waals surface area contributed by atoms with Crippen LogP contribution in [0.5, 0.6) is 0 Å². The minimum absolute atomic E-state index is 0.0580. The third kappa shape index (κ3) is 4.72. The summed E-state index contributed by atoms with van der Waals surface area (Å²) in [5, 5.41) is 0. The number of likely N-dealkylation sites (N-methyl/N-ethyl adjacent to an activating group) is 1. The molecule has 2 N–H and O–H groups in total. The molecule has 0 heterocycles. The lowest BCUT2D eigenvalue weighted by atomic mass is 10.0. The number of hydrogen-bond donors (Lipinski definition) is 1. The van der Waals surface area contributed by atoms with E-state index in [9.17, 15) is 8.78 Å².